The number of hydrogen-bond acceptors (Lipinski definition) is 5. The topological polar surface area (TPSA) is 105 Å². The van der Waals surface area contributed by atoms with E-state index in [0.29, 0.717) is 11.4 Å². The average molecular weight is 247 g/mol. The summed E-state index contributed by atoms with van der Waals surface area (Å²) in [4.78, 5) is 26.0. The Labute approximate surface area is 101 Å². The molecule has 92 valence electrons. The maximum Gasteiger partial charge on any atom is 0.354 e. The van der Waals surface area contributed by atoms with Crippen LogP contribution in [-0.2, 0) is 0 Å². The number of carbonyl (C=O) groups is 2. The first-order valence-electron chi connectivity index (χ1n) is 5.00. The zero-order valence-electron chi connectivity index (χ0n) is 9.38. The number of aromatic carboxylic acids is 1. The molecule has 0 bridgehead atoms. The zero-order valence-corrected chi connectivity index (χ0v) is 9.38. The van der Waals surface area contributed by atoms with Gasteiger partial charge < -0.3 is 14.9 Å². The fraction of sp³-hybridized carbons (Fsp3) is 0.0909. The molecule has 0 fully saturated rings. The first-order valence-corrected chi connectivity index (χ1v) is 5.00. The Morgan fingerprint density at radius 1 is 1.39 bits per heavy atom. The molecule has 7 heteroatoms. The normalized spacial score (nSPS) is 10.1. The second kappa shape index (κ2) is 4.66. The summed E-state index contributed by atoms with van der Waals surface area (Å²) < 4.78 is 4.78. The Morgan fingerprint density at radius 3 is 2.78 bits per heavy atom. The third-order valence-corrected chi connectivity index (χ3v) is 2.09. The van der Waals surface area contributed by atoms with Gasteiger partial charge in [-0.05, 0) is 19.1 Å². The number of carboxylic acid groups (broad SMARTS) is 1. The third kappa shape index (κ3) is 2.51. The van der Waals surface area contributed by atoms with Crippen molar-refractivity contribution in [3.8, 4) is 0 Å². The number of hydrogen-bond donors (Lipinski definition) is 2. The van der Waals surface area contributed by atoms with Gasteiger partial charge in [-0.15, -0.1) is 0 Å². The minimum Gasteiger partial charge on any atom is -0.477 e. The van der Waals surface area contributed by atoms with Crippen LogP contribution in [0.25, 0.3) is 0 Å². The van der Waals surface area contributed by atoms with Gasteiger partial charge in [-0.3, -0.25) is 4.79 Å². The molecule has 0 unspecified atom stereocenters. The van der Waals surface area contributed by atoms with Gasteiger partial charge >= 0.3 is 5.97 Å². The quantitative estimate of drug-likeness (QED) is 0.847. The number of aryl methyl sites for hydroxylation is 1. The SMILES string of the molecule is Cc1cc(C(=O)Nc2ccnc(C(=O)O)c2)on1. The minimum atomic E-state index is -1.17. The molecule has 2 aromatic rings. The van der Waals surface area contributed by atoms with Gasteiger partial charge in [0.15, 0.2) is 0 Å². The summed E-state index contributed by atoms with van der Waals surface area (Å²) >= 11 is 0. The van der Waals surface area contributed by atoms with E-state index in [-0.39, 0.29) is 11.5 Å². The Balaban J connectivity index is 2.16. The minimum absolute atomic E-state index is 0.0567. The lowest BCUT2D eigenvalue weighted by molar-refractivity contribution is 0.0690. The maximum atomic E-state index is 11.7. The second-order valence-corrected chi connectivity index (χ2v) is 3.52. The number of anilines is 1. The number of rotatable bonds is 3. The van der Waals surface area contributed by atoms with Crippen molar-refractivity contribution in [2.45, 2.75) is 6.92 Å². The largest absolute Gasteiger partial charge is 0.477 e. The molecule has 0 saturated carbocycles. The van der Waals surface area contributed by atoms with E-state index in [4.69, 9.17) is 9.63 Å². The molecule has 0 aliphatic carbocycles. The standard InChI is InChI=1S/C11H9N3O4/c1-6-4-9(18-14-6)10(15)13-7-2-3-12-8(5-7)11(16)17/h2-5H,1H3,(H,16,17)(H,12,13,15). The number of carboxylic acids is 1. The Morgan fingerprint density at radius 2 is 2.17 bits per heavy atom. The number of amides is 1. The lowest BCUT2D eigenvalue weighted by Gasteiger charge is -2.02. The first-order chi connectivity index (χ1) is 8.56. The fourth-order valence-corrected chi connectivity index (χ4v) is 1.29. The van der Waals surface area contributed by atoms with Crippen molar-refractivity contribution in [1.82, 2.24) is 10.1 Å². The van der Waals surface area contributed by atoms with Crippen LogP contribution in [0.1, 0.15) is 26.7 Å². The number of nitrogens with zero attached hydrogens (tertiary/aromatic N) is 2. The van der Waals surface area contributed by atoms with Crippen LogP contribution >= 0.6 is 0 Å². The predicted molar refractivity (Wildman–Crippen MR) is 60.4 cm³/mol. The van der Waals surface area contributed by atoms with Crippen molar-refractivity contribution in [2.24, 2.45) is 0 Å². The predicted octanol–water partition coefficient (Wildman–Crippen LogP) is 1.33. The molecule has 1 amide bonds. The molecule has 0 atom stereocenters. The molecule has 0 aliphatic heterocycles. The summed E-state index contributed by atoms with van der Waals surface area (Å²) in [5.41, 5.74) is 0.754. The van der Waals surface area contributed by atoms with Crippen LogP contribution in [0.3, 0.4) is 0 Å². The lowest BCUT2D eigenvalue weighted by atomic mass is 10.3. The molecule has 7 nitrogen and oxygen atoms in total. The van der Waals surface area contributed by atoms with E-state index in [9.17, 15) is 9.59 Å². The van der Waals surface area contributed by atoms with Crippen LogP contribution in [0.2, 0.25) is 0 Å². The van der Waals surface area contributed by atoms with Crippen LogP contribution in [0.5, 0.6) is 0 Å². The van der Waals surface area contributed by atoms with Gasteiger partial charge in [0, 0.05) is 18.0 Å². The van der Waals surface area contributed by atoms with Crippen molar-refractivity contribution < 1.29 is 19.2 Å². The van der Waals surface area contributed by atoms with E-state index >= 15 is 0 Å². The molecule has 0 spiro atoms. The van der Waals surface area contributed by atoms with Gasteiger partial charge in [-0.25, -0.2) is 9.78 Å². The third-order valence-electron chi connectivity index (χ3n) is 2.09. The molecule has 0 saturated heterocycles. The fourth-order valence-electron chi connectivity index (χ4n) is 1.29. The monoisotopic (exact) mass is 247 g/mol. The van der Waals surface area contributed by atoms with Crippen LogP contribution in [0.15, 0.2) is 28.9 Å². The molecule has 2 N–H and O–H groups in total. The molecule has 2 aromatic heterocycles. The van der Waals surface area contributed by atoms with E-state index in [1.54, 1.807) is 6.92 Å². The molecule has 18 heavy (non-hydrogen) atoms. The number of aromatic nitrogens is 2. The summed E-state index contributed by atoms with van der Waals surface area (Å²) in [5, 5.41) is 14.8. The molecule has 0 aliphatic rings. The molecular formula is C11H9N3O4. The van der Waals surface area contributed by atoms with E-state index < -0.39 is 11.9 Å². The Kier molecular flexibility index (Phi) is 3.05. The zero-order chi connectivity index (χ0) is 13.1. The van der Waals surface area contributed by atoms with Crippen molar-refractivity contribution in [1.29, 1.82) is 0 Å². The van der Waals surface area contributed by atoms with E-state index in [1.807, 2.05) is 0 Å². The van der Waals surface area contributed by atoms with Crippen LogP contribution in [-0.4, -0.2) is 27.1 Å². The van der Waals surface area contributed by atoms with Gasteiger partial charge in [0.1, 0.15) is 5.69 Å². The highest BCUT2D eigenvalue weighted by molar-refractivity contribution is 6.02. The summed E-state index contributed by atoms with van der Waals surface area (Å²) in [5.74, 6) is -1.61. The van der Waals surface area contributed by atoms with Gasteiger partial charge in [0.2, 0.25) is 5.76 Å². The highest BCUT2D eigenvalue weighted by atomic mass is 16.5. The van der Waals surface area contributed by atoms with Gasteiger partial charge in [-0.2, -0.15) is 0 Å². The summed E-state index contributed by atoms with van der Waals surface area (Å²) in [7, 11) is 0. The van der Waals surface area contributed by atoms with E-state index in [2.05, 4.69) is 15.5 Å². The molecule has 2 rings (SSSR count). The van der Waals surface area contributed by atoms with Gasteiger partial charge in [0.25, 0.3) is 5.91 Å². The number of carbonyl (C=O) groups excluding carboxylic acids is 1. The molecule has 0 radical (unpaired) electrons. The first kappa shape index (κ1) is 11.8. The number of pyridine rings is 1. The van der Waals surface area contributed by atoms with Crippen molar-refractivity contribution in [2.75, 3.05) is 5.32 Å². The van der Waals surface area contributed by atoms with Crippen molar-refractivity contribution in [3.05, 3.63) is 41.5 Å². The molecular weight excluding hydrogens is 238 g/mol. The smallest absolute Gasteiger partial charge is 0.354 e. The van der Waals surface area contributed by atoms with E-state index in [0.717, 1.165) is 0 Å². The van der Waals surface area contributed by atoms with Crippen LogP contribution in [0, 0.1) is 6.92 Å². The summed E-state index contributed by atoms with van der Waals surface area (Å²) in [6.07, 6.45) is 1.30. The van der Waals surface area contributed by atoms with Crippen LogP contribution < -0.4 is 5.32 Å². The maximum absolute atomic E-state index is 11.7. The molecule has 0 aromatic carbocycles. The van der Waals surface area contributed by atoms with Crippen molar-refractivity contribution in [3.63, 3.8) is 0 Å². The van der Waals surface area contributed by atoms with Gasteiger partial charge in [-0.1, -0.05) is 5.16 Å². The van der Waals surface area contributed by atoms with Gasteiger partial charge in [0.05, 0.1) is 5.69 Å². The molecule has 2 heterocycles. The average Bonchev–Trinajstić information content (AvgIpc) is 2.76. The Hall–Kier alpha value is -2.70. The highest BCUT2D eigenvalue weighted by Crippen LogP contribution is 2.11. The highest BCUT2D eigenvalue weighted by Gasteiger charge is 2.13. The van der Waals surface area contributed by atoms with Crippen molar-refractivity contribution >= 4 is 17.6 Å². The number of nitrogens with one attached hydrogen (secondary N) is 1. The lowest BCUT2D eigenvalue weighted by Crippen LogP contribution is -2.12. The second-order valence-electron chi connectivity index (χ2n) is 3.52. The van der Waals surface area contributed by atoms with Crippen LogP contribution in [0.4, 0.5) is 5.69 Å². The summed E-state index contributed by atoms with van der Waals surface area (Å²) in [6.45, 7) is 1.69. The Bertz CT molecular complexity index is 606. The summed E-state index contributed by atoms with van der Waals surface area (Å²) in [6, 6.07) is 4.21. The van der Waals surface area contributed by atoms with E-state index in [1.165, 1.54) is 24.4 Å².